The van der Waals surface area contributed by atoms with Crippen LogP contribution >= 0.6 is 11.8 Å². The number of phenols is 2. The van der Waals surface area contributed by atoms with E-state index in [2.05, 4.69) is 30.4 Å². The van der Waals surface area contributed by atoms with Crippen molar-refractivity contribution in [2.24, 2.45) is 0 Å². The highest BCUT2D eigenvalue weighted by molar-refractivity contribution is 8.00. The molecule has 2 N–H and O–H groups in total. The molecule has 0 saturated carbocycles. The summed E-state index contributed by atoms with van der Waals surface area (Å²) in [6.45, 7) is 0. The fourth-order valence-corrected chi connectivity index (χ4v) is 5.63. The maximum Gasteiger partial charge on any atom is 0.133 e. The van der Waals surface area contributed by atoms with Crippen molar-refractivity contribution in [1.82, 2.24) is 0 Å². The van der Waals surface area contributed by atoms with Crippen LogP contribution in [-0.4, -0.2) is 15.5 Å². The van der Waals surface area contributed by atoms with Gasteiger partial charge in [0, 0.05) is 21.9 Å². The Hall–Kier alpha value is -1.61. The van der Waals surface area contributed by atoms with Crippen LogP contribution in [0.2, 0.25) is 0 Å². The van der Waals surface area contributed by atoms with E-state index in [1.54, 1.807) is 11.8 Å². The van der Waals surface area contributed by atoms with Crippen molar-refractivity contribution < 1.29 is 10.2 Å². The van der Waals surface area contributed by atoms with Gasteiger partial charge in [-0.05, 0) is 64.2 Å². The number of aromatic hydroxyl groups is 2. The quantitative estimate of drug-likeness (QED) is 0.506. The Morgan fingerprint density at radius 2 is 1.73 bits per heavy atom. The van der Waals surface area contributed by atoms with Gasteiger partial charge in [-0.1, -0.05) is 36.0 Å². The first kappa shape index (κ1) is 17.8. The molecule has 0 spiro atoms. The largest absolute Gasteiger partial charge is 0.507 e. The van der Waals surface area contributed by atoms with Gasteiger partial charge in [0.25, 0.3) is 0 Å². The highest BCUT2D eigenvalue weighted by Crippen LogP contribution is 2.48. The minimum atomic E-state index is 0.394. The molecular weight excluding hydrogens is 340 g/mol. The molecule has 1 aromatic rings. The van der Waals surface area contributed by atoms with E-state index in [1.165, 1.54) is 24.8 Å². The van der Waals surface area contributed by atoms with Crippen molar-refractivity contribution in [3.63, 3.8) is 0 Å². The van der Waals surface area contributed by atoms with Crippen LogP contribution in [-0.2, 0) is 19.3 Å². The lowest BCUT2D eigenvalue weighted by Crippen LogP contribution is -2.08. The minimum absolute atomic E-state index is 0.394. The summed E-state index contributed by atoms with van der Waals surface area (Å²) in [4.78, 5) is 0.916. The topological polar surface area (TPSA) is 40.5 Å². The van der Waals surface area contributed by atoms with Crippen LogP contribution in [0.4, 0.5) is 0 Å². The molecule has 3 aliphatic carbocycles. The second-order valence-corrected chi connectivity index (χ2v) is 8.89. The number of rotatable bonds is 4. The average molecular weight is 369 g/mol. The number of allylic oxidation sites excluding steroid dienone is 5. The van der Waals surface area contributed by atoms with Crippen LogP contribution in [0.3, 0.4) is 0 Å². The second kappa shape index (κ2) is 7.96. The predicted octanol–water partition coefficient (Wildman–Crippen LogP) is 6.00. The van der Waals surface area contributed by atoms with Crippen LogP contribution in [0.15, 0.2) is 40.8 Å². The van der Waals surface area contributed by atoms with Gasteiger partial charge in [-0.25, -0.2) is 0 Å². The average Bonchev–Trinajstić information content (AvgIpc) is 2.70. The molecule has 4 rings (SSSR count). The molecule has 1 aromatic carbocycles. The summed E-state index contributed by atoms with van der Waals surface area (Å²) in [5.74, 6) is 0.841. The Kier molecular flexibility index (Phi) is 5.44. The normalized spacial score (nSPS) is 22.2. The van der Waals surface area contributed by atoms with Gasteiger partial charge in [0.05, 0.1) is 4.90 Å². The maximum atomic E-state index is 11.1. The van der Waals surface area contributed by atoms with E-state index in [0.717, 1.165) is 60.1 Å². The Labute approximate surface area is 160 Å². The Morgan fingerprint density at radius 1 is 0.923 bits per heavy atom. The van der Waals surface area contributed by atoms with E-state index in [0.29, 0.717) is 23.2 Å². The molecule has 0 fully saturated rings. The molecule has 3 heteroatoms. The van der Waals surface area contributed by atoms with E-state index in [9.17, 15) is 10.2 Å². The molecule has 1 atom stereocenters. The third-order valence-corrected chi connectivity index (χ3v) is 7.16. The molecule has 138 valence electrons. The van der Waals surface area contributed by atoms with Crippen molar-refractivity contribution in [2.45, 2.75) is 74.4 Å². The van der Waals surface area contributed by atoms with Gasteiger partial charge >= 0.3 is 0 Å². The first-order valence-corrected chi connectivity index (χ1v) is 10.9. The van der Waals surface area contributed by atoms with Gasteiger partial charge in [-0.15, -0.1) is 11.8 Å². The van der Waals surface area contributed by atoms with Crippen molar-refractivity contribution >= 4 is 11.8 Å². The van der Waals surface area contributed by atoms with Gasteiger partial charge in [0.1, 0.15) is 11.5 Å². The fourth-order valence-electron chi connectivity index (χ4n) is 4.31. The number of thioether (sulfide) groups is 1. The smallest absolute Gasteiger partial charge is 0.133 e. The molecule has 1 unspecified atom stereocenters. The van der Waals surface area contributed by atoms with Crippen LogP contribution < -0.4 is 0 Å². The molecule has 26 heavy (non-hydrogen) atoms. The summed E-state index contributed by atoms with van der Waals surface area (Å²) in [5.41, 5.74) is 4.22. The van der Waals surface area contributed by atoms with Gasteiger partial charge in [-0.2, -0.15) is 0 Å². The van der Waals surface area contributed by atoms with Gasteiger partial charge < -0.3 is 10.2 Å². The van der Waals surface area contributed by atoms with Crippen molar-refractivity contribution in [1.29, 1.82) is 0 Å². The van der Waals surface area contributed by atoms with E-state index >= 15 is 0 Å². The molecular formula is C23H28O2S. The molecule has 0 heterocycles. The molecule has 0 bridgehead atoms. The van der Waals surface area contributed by atoms with E-state index in [1.807, 2.05) is 0 Å². The molecule has 0 radical (unpaired) electrons. The lowest BCUT2D eigenvalue weighted by Gasteiger charge is -2.25. The Morgan fingerprint density at radius 3 is 2.42 bits per heavy atom. The summed E-state index contributed by atoms with van der Waals surface area (Å²) >= 11 is 1.75. The lowest BCUT2D eigenvalue weighted by molar-refractivity contribution is 0.432. The fraction of sp³-hybridized carbons (Fsp3) is 0.478. The maximum absolute atomic E-state index is 11.1. The van der Waals surface area contributed by atoms with Crippen LogP contribution in [0.1, 0.15) is 61.6 Å². The summed E-state index contributed by atoms with van der Waals surface area (Å²) in [6.07, 6.45) is 21.5. The molecule has 3 aliphatic rings. The lowest BCUT2D eigenvalue weighted by atomic mass is 9.88. The van der Waals surface area contributed by atoms with Crippen molar-refractivity contribution in [2.75, 3.05) is 0 Å². The van der Waals surface area contributed by atoms with Crippen LogP contribution in [0.25, 0.3) is 0 Å². The highest BCUT2D eigenvalue weighted by Gasteiger charge is 2.26. The molecule has 0 amide bonds. The number of phenolic OH excluding ortho intramolecular Hbond substituents is 2. The van der Waals surface area contributed by atoms with Gasteiger partial charge in [-0.3, -0.25) is 0 Å². The Balaban J connectivity index is 1.75. The molecule has 0 saturated heterocycles. The van der Waals surface area contributed by atoms with Crippen LogP contribution in [0.5, 0.6) is 11.5 Å². The zero-order valence-corrected chi connectivity index (χ0v) is 16.2. The van der Waals surface area contributed by atoms with Crippen LogP contribution in [0, 0.1) is 0 Å². The monoisotopic (exact) mass is 368 g/mol. The number of fused-ring (bicyclic) bond motifs is 1. The zero-order chi connectivity index (χ0) is 17.9. The van der Waals surface area contributed by atoms with Crippen molar-refractivity contribution in [3.05, 3.63) is 52.6 Å². The Bertz CT molecular complexity index is 773. The number of benzene rings is 1. The number of hydrogen-bond donors (Lipinski definition) is 2. The predicted molar refractivity (Wildman–Crippen MR) is 109 cm³/mol. The highest BCUT2D eigenvalue weighted by atomic mass is 32.2. The summed E-state index contributed by atoms with van der Waals surface area (Å²) in [7, 11) is 0. The first-order valence-electron chi connectivity index (χ1n) is 9.98. The molecule has 0 aromatic heterocycles. The van der Waals surface area contributed by atoms with E-state index < -0.39 is 0 Å². The third-order valence-electron chi connectivity index (χ3n) is 5.79. The van der Waals surface area contributed by atoms with Gasteiger partial charge in [0.2, 0.25) is 0 Å². The number of hydrogen-bond acceptors (Lipinski definition) is 3. The minimum Gasteiger partial charge on any atom is -0.507 e. The first-order chi connectivity index (χ1) is 12.7. The SMILES string of the molecule is Oc1c2c(c(O)c(SC3C=CCCC3)c1CC1=CCCCC1)CC=CC2. The summed E-state index contributed by atoms with van der Waals surface area (Å²) in [6, 6.07) is 0. The van der Waals surface area contributed by atoms with E-state index in [4.69, 9.17) is 0 Å². The van der Waals surface area contributed by atoms with Gasteiger partial charge in [0.15, 0.2) is 0 Å². The molecule has 0 aliphatic heterocycles. The van der Waals surface area contributed by atoms with E-state index in [-0.39, 0.29) is 0 Å². The van der Waals surface area contributed by atoms with Crippen molar-refractivity contribution in [3.8, 4) is 11.5 Å². The zero-order valence-electron chi connectivity index (χ0n) is 15.3. The molecule has 2 nitrogen and oxygen atoms in total. The standard InChI is InChI=1S/C23H28O2S/c24-21-18-13-7-8-14-19(18)22(25)23(26-17-11-5-2-6-12-17)20(21)15-16-9-3-1-4-10-16/h5,7-9,11,17,24-25H,1-4,6,10,12-15H2. The third kappa shape index (κ3) is 3.59. The summed E-state index contributed by atoms with van der Waals surface area (Å²) in [5, 5.41) is 22.6. The second-order valence-electron chi connectivity index (χ2n) is 7.64. The summed E-state index contributed by atoms with van der Waals surface area (Å²) < 4.78 is 0.